The lowest BCUT2D eigenvalue weighted by Crippen LogP contribution is -2.30. The Labute approximate surface area is 141 Å². The molecule has 0 fully saturated rings. The smallest absolute Gasteiger partial charge is 0.319 e. The number of hydrogen-bond acceptors (Lipinski definition) is 4. The van der Waals surface area contributed by atoms with Crippen LogP contribution in [0.15, 0.2) is 42.5 Å². The average Bonchev–Trinajstić information content (AvgIpc) is 2.62. The van der Waals surface area contributed by atoms with Gasteiger partial charge in [0, 0.05) is 6.54 Å². The van der Waals surface area contributed by atoms with Crippen molar-refractivity contribution in [1.82, 2.24) is 5.32 Å². The number of para-hydroxylation sites is 2. The molecule has 2 N–H and O–H groups in total. The molecule has 0 unspecified atom stereocenters. The van der Waals surface area contributed by atoms with Crippen LogP contribution in [0.1, 0.15) is 5.56 Å². The van der Waals surface area contributed by atoms with E-state index >= 15 is 0 Å². The summed E-state index contributed by atoms with van der Waals surface area (Å²) in [5.74, 6) is 1.88. The molecule has 0 radical (unpaired) electrons. The van der Waals surface area contributed by atoms with E-state index in [0.717, 1.165) is 11.3 Å². The Morgan fingerprint density at radius 3 is 2.08 bits per heavy atom. The number of carbonyl (C=O) groups is 1. The fourth-order valence-electron chi connectivity index (χ4n) is 2.35. The average molecular weight is 330 g/mol. The van der Waals surface area contributed by atoms with Crippen LogP contribution in [0.5, 0.6) is 17.2 Å². The maximum atomic E-state index is 12.1. The van der Waals surface area contributed by atoms with Crippen LogP contribution in [0.3, 0.4) is 0 Å². The van der Waals surface area contributed by atoms with Crippen molar-refractivity contribution in [2.24, 2.45) is 0 Å². The second-order valence-electron chi connectivity index (χ2n) is 4.98. The molecular formula is C18H22N2O4. The lowest BCUT2D eigenvalue weighted by molar-refractivity contribution is 0.252. The molecule has 6 heteroatoms. The van der Waals surface area contributed by atoms with Gasteiger partial charge in [0.25, 0.3) is 0 Å². The maximum Gasteiger partial charge on any atom is 0.319 e. The summed E-state index contributed by atoms with van der Waals surface area (Å²) >= 11 is 0. The summed E-state index contributed by atoms with van der Waals surface area (Å²) < 4.78 is 15.8. The Balaban J connectivity index is 1.95. The molecule has 0 spiro atoms. The Hall–Kier alpha value is -2.89. The summed E-state index contributed by atoms with van der Waals surface area (Å²) in [5.41, 5.74) is 1.53. The number of amides is 2. The minimum Gasteiger partial charge on any atom is -0.496 e. The highest BCUT2D eigenvalue weighted by Gasteiger charge is 2.12. The highest BCUT2D eigenvalue weighted by molar-refractivity contribution is 5.93. The summed E-state index contributed by atoms with van der Waals surface area (Å²) in [4.78, 5) is 12.1. The Morgan fingerprint density at radius 1 is 0.875 bits per heavy atom. The largest absolute Gasteiger partial charge is 0.496 e. The van der Waals surface area contributed by atoms with Gasteiger partial charge in [-0.15, -0.1) is 0 Å². The Morgan fingerprint density at radius 2 is 1.46 bits per heavy atom. The lowest BCUT2D eigenvalue weighted by Gasteiger charge is -2.14. The molecule has 6 nitrogen and oxygen atoms in total. The van der Waals surface area contributed by atoms with Gasteiger partial charge in [0.05, 0.1) is 21.3 Å². The molecule has 0 saturated heterocycles. The highest BCUT2D eigenvalue weighted by Crippen LogP contribution is 2.33. The molecule has 2 aromatic rings. The van der Waals surface area contributed by atoms with Gasteiger partial charge in [-0.25, -0.2) is 4.79 Å². The summed E-state index contributed by atoms with van der Waals surface area (Å²) in [6.07, 6.45) is 0.667. The van der Waals surface area contributed by atoms with Gasteiger partial charge in [-0.05, 0) is 30.2 Å². The van der Waals surface area contributed by atoms with E-state index in [1.807, 2.05) is 24.3 Å². The third kappa shape index (κ3) is 4.32. The van der Waals surface area contributed by atoms with Crippen molar-refractivity contribution in [2.45, 2.75) is 6.42 Å². The zero-order valence-electron chi connectivity index (χ0n) is 14.1. The molecule has 0 aliphatic carbocycles. The highest BCUT2D eigenvalue weighted by atomic mass is 16.5. The van der Waals surface area contributed by atoms with Gasteiger partial charge in [-0.3, -0.25) is 0 Å². The first-order chi connectivity index (χ1) is 11.7. The molecule has 0 bridgehead atoms. The predicted octanol–water partition coefficient (Wildman–Crippen LogP) is 3.08. The quantitative estimate of drug-likeness (QED) is 0.818. The summed E-state index contributed by atoms with van der Waals surface area (Å²) in [6.45, 7) is 0.476. The van der Waals surface area contributed by atoms with Crippen LogP contribution >= 0.6 is 0 Å². The van der Waals surface area contributed by atoms with Gasteiger partial charge >= 0.3 is 6.03 Å². The summed E-state index contributed by atoms with van der Waals surface area (Å²) in [5, 5.41) is 5.58. The van der Waals surface area contributed by atoms with Crippen molar-refractivity contribution in [2.75, 3.05) is 33.2 Å². The topological polar surface area (TPSA) is 68.8 Å². The molecule has 2 rings (SSSR count). The first kappa shape index (κ1) is 17.5. The zero-order valence-corrected chi connectivity index (χ0v) is 14.1. The van der Waals surface area contributed by atoms with Crippen molar-refractivity contribution < 1.29 is 19.0 Å². The normalized spacial score (nSPS) is 9.96. The van der Waals surface area contributed by atoms with Crippen LogP contribution < -0.4 is 24.8 Å². The third-order valence-corrected chi connectivity index (χ3v) is 3.54. The third-order valence-electron chi connectivity index (χ3n) is 3.54. The number of carbonyl (C=O) groups excluding carboxylic acids is 1. The van der Waals surface area contributed by atoms with Gasteiger partial charge in [0.2, 0.25) is 0 Å². The van der Waals surface area contributed by atoms with Gasteiger partial charge < -0.3 is 24.8 Å². The van der Waals surface area contributed by atoms with Crippen molar-refractivity contribution in [3.05, 3.63) is 48.0 Å². The predicted molar refractivity (Wildman–Crippen MR) is 93.3 cm³/mol. The molecule has 0 aliphatic rings. The molecule has 2 amide bonds. The van der Waals surface area contributed by atoms with Gasteiger partial charge in [-0.1, -0.05) is 24.3 Å². The van der Waals surface area contributed by atoms with Gasteiger partial charge in [0.15, 0.2) is 0 Å². The number of methoxy groups -OCH3 is 3. The first-order valence-electron chi connectivity index (χ1n) is 7.57. The van der Waals surface area contributed by atoms with Crippen molar-refractivity contribution >= 4 is 11.7 Å². The SMILES string of the molecule is COc1ccccc1CCNC(=O)Nc1c(OC)cccc1OC. The van der Waals surface area contributed by atoms with Crippen LogP contribution in [0.2, 0.25) is 0 Å². The van der Waals surface area contributed by atoms with Crippen LogP contribution in [0.25, 0.3) is 0 Å². The molecule has 0 aliphatic heterocycles. The number of benzene rings is 2. The van der Waals surface area contributed by atoms with E-state index in [2.05, 4.69) is 10.6 Å². The van der Waals surface area contributed by atoms with Gasteiger partial charge in [-0.2, -0.15) is 0 Å². The molecule has 24 heavy (non-hydrogen) atoms. The fraction of sp³-hybridized carbons (Fsp3) is 0.278. The van der Waals surface area contributed by atoms with Crippen molar-refractivity contribution in [3.8, 4) is 17.2 Å². The van der Waals surface area contributed by atoms with Crippen LogP contribution in [0.4, 0.5) is 10.5 Å². The molecule has 0 aromatic heterocycles. The number of ether oxygens (including phenoxy) is 3. The molecule has 0 saturated carbocycles. The number of anilines is 1. The minimum atomic E-state index is -0.326. The van der Waals surface area contributed by atoms with E-state index in [0.29, 0.717) is 30.2 Å². The van der Waals surface area contributed by atoms with E-state index in [-0.39, 0.29) is 6.03 Å². The van der Waals surface area contributed by atoms with Crippen molar-refractivity contribution in [3.63, 3.8) is 0 Å². The summed E-state index contributed by atoms with van der Waals surface area (Å²) in [6, 6.07) is 12.7. The van der Waals surface area contributed by atoms with E-state index in [9.17, 15) is 4.79 Å². The van der Waals surface area contributed by atoms with E-state index < -0.39 is 0 Å². The molecule has 0 heterocycles. The van der Waals surface area contributed by atoms with E-state index in [1.165, 1.54) is 0 Å². The van der Waals surface area contributed by atoms with Crippen molar-refractivity contribution in [1.29, 1.82) is 0 Å². The van der Waals surface area contributed by atoms with Gasteiger partial charge in [0.1, 0.15) is 22.9 Å². The molecular weight excluding hydrogens is 308 g/mol. The Kier molecular flexibility index (Phi) is 6.31. The summed E-state index contributed by atoms with van der Waals surface area (Å²) in [7, 11) is 4.71. The minimum absolute atomic E-state index is 0.326. The number of rotatable bonds is 7. The van der Waals surface area contributed by atoms with E-state index in [4.69, 9.17) is 14.2 Å². The lowest BCUT2D eigenvalue weighted by atomic mass is 10.1. The molecule has 128 valence electrons. The number of nitrogens with one attached hydrogen (secondary N) is 2. The zero-order chi connectivity index (χ0) is 17.4. The first-order valence-corrected chi connectivity index (χ1v) is 7.57. The number of urea groups is 1. The Bertz CT molecular complexity index is 666. The van der Waals surface area contributed by atoms with Crippen LogP contribution in [-0.4, -0.2) is 33.9 Å². The number of hydrogen-bond donors (Lipinski definition) is 2. The monoisotopic (exact) mass is 330 g/mol. The fourth-order valence-corrected chi connectivity index (χ4v) is 2.35. The second-order valence-corrected chi connectivity index (χ2v) is 4.98. The standard InChI is InChI=1S/C18H22N2O4/c1-22-14-8-5-4-7-13(14)11-12-19-18(21)20-17-15(23-2)9-6-10-16(17)24-3/h4-10H,11-12H2,1-3H3,(H2,19,20,21). The maximum absolute atomic E-state index is 12.1. The van der Waals surface area contributed by atoms with Crippen LogP contribution in [0, 0.1) is 0 Å². The van der Waals surface area contributed by atoms with Crippen LogP contribution in [-0.2, 0) is 6.42 Å². The molecule has 0 atom stereocenters. The molecule has 2 aromatic carbocycles. The second kappa shape index (κ2) is 8.67. The van der Waals surface area contributed by atoms with E-state index in [1.54, 1.807) is 39.5 Å².